The van der Waals surface area contributed by atoms with Crippen LogP contribution in [0.15, 0.2) is 29.2 Å². The topological polar surface area (TPSA) is 37.4 Å². The van der Waals surface area contributed by atoms with Crippen LogP contribution in [0.2, 0.25) is 0 Å². The molecule has 0 saturated carbocycles. The van der Waals surface area contributed by atoms with Crippen molar-refractivity contribution in [2.24, 2.45) is 0 Å². The average Bonchev–Trinajstić information content (AvgIpc) is 2.64. The van der Waals surface area contributed by atoms with Crippen molar-refractivity contribution in [3.8, 4) is 0 Å². The summed E-state index contributed by atoms with van der Waals surface area (Å²) >= 11 is 0. The molecule has 2 aliphatic rings. The molecule has 2 heterocycles. The van der Waals surface area contributed by atoms with Gasteiger partial charge in [0, 0.05) is 0 Å². The quantitative estimate of drug-likeness (QED) is 0.766. The zero-order chi connectivity index (χ0) is 11.9. The fourth-order valence-corrected chi connectivity index (χ4v) is 4.79. The van der Waals surface area contributed by atoms with Crippen molar-refractivity contribution in [1.29, 1.82) is 0 Å². The second-order valence-corrected chi connectivity index (χ2v) is 6.93. The van der Waals surface area contributed by atoms with Crippen LogP contribution >= 0.6 is 0 Å². The molecule has 17 heavy (non-hydrogen) atoms. The summed E-state index contributed by atoms with van der Waals surface area (Å²) in [6.07, 6.45) is 3.66. The van der Waals surface area contributed by atoms with E-state index >= 15 is 0 Å². The summed E-state index contributed by atoms with van der Waals surface area (Å²) in [5.74, 6) is 0.270. The summed E-state index contributed by atoms with van der Waals surface area (Å²) in [7, 11) is -3.05. The zero-order valence-electron chi connectivity index (χ0n) is 9.80. The largest absolute Gasteiger partial charge is 0.295 e. The van der Waals surface area contributed by atoms with E-state index in [1.807, 2.05) is 18.2 Å². The highest BCUT2D eigenvalue weighted by atomic mass is 32.2. The van der Waals surface area contributed by atoms with Gasteiger partial charge in [-0.2, -0.15) is 0 Å². The molecule has 0 bridgehead atoms. The zero-order valence-corrected chi connectivity index (χ0v) is 10.6. The van der Waals surface area contributed by atoms with Crippen LogP contribution < -0.4 is 0 Å². The third-order valence-corrected chi connectivity index (χ3v) is 5.62. The van der Waals surface area contributed by atoms with Crippen molar-refractivity contribution < 1.29 is 8.42 Å². The number of hydrogen-bond acceptors (Lipinski definition) is 3. The highest BCUT2D eigenvalue weighted by Crippen LogP contribution is 2.37. The Hall–Kier alpha value is -0.870. The maximum Gasteiger partial charge on any atom is 0.180 e. The fraction of sp³-hybridized carbons (Fsp3) is 0.538. The molecule has 0 N–H and O–H groups in total. The molecule has 3 rings (SSSR count). The van der Waals surface area contributed by atoms with Crippen molar-refractivity contribution in [2.45, 2.75) is 30.2 Å². The van der Waals surface area contributed by atoms with E-state index in [4.69, 9.17) is 0 Å². The lowest BCUT2D eigenvalue weighted by molar-refractivity contribution is 0.178. The van der Waals surface area contributed by atoms with Gasteiger partial charge in [-0.15, -0.1) is 0 Å². The van der Waals surface area contributed by atoms with Crippen molar-refractivity contribution >= 4 is 9.84 Å². The van der Waals surface area contributed by atoms with Crippen LogP contribution in [0.1, 0.15) is 30.9 Å². The van der Waals surface area contributed by atoms with Gasteiger partial charge in [-0.3, -0.25) is 4.90 Å². The lowest BCUT2D eigenvalue weighted by Crippen LogP contribution is -2.34. The molecule has 1 aromatic rings. The Morgan fingerprint density at radius 1 is 1.06 bits per heavy atom. The SMILES string of the molecule is O=S1(=O)C[C@@H](N2CCCCC2)c2ccccc21. The number of fused-ring (bicyclic) bond motifs is 1. The van der Waals surface area contributed by atoms with Crippen LogP contribution in [0.25, 0.3) is 0 Å². The van der Waals surface area contributed by atoms with E-state index in [1.165, 1.54) is 19.3 Å². The molecule has 3 nitrogen and oxygen atoms in total. The van der Waals surface area contributed by atoms with Gasteiger partial charge in [0.15, 0.2) is 9.84 Å². The molecular formula is C13H17NO2S. The first-order valence-corrected chi connectivity index (χ1v) is 7.89. The highest BCUT2D eigenvalue weighted by molar-refractivity contribution is 7.91. The van der Waals surface area contributed by atoms with Gasteiger partial charge in [0.25, 0.3) is 0 Å². The van der Waals surface area contributed by atoms with Crippen molar-refractivity contribution in [3.63, 3.8) is 0 Å². The van der Waals surface area contributed by atoms with Crippen LogP contribution in [-0.2, 0) is 9.84 Å². The first kappa shape index (κ1) is 11.2. The van der Waals surface area contributed by atoms with Gasteiger partial charge in [-0.05, 0) is 37.6 Å². The first-order valence-electron chi connectivity index (χ1n) is 6.24. The first-order chi connectivity index (χ1) is 8.18. The maximum absolute atomic E-state index is 12.1. The number of rotatable bonds is 1. The number of piperidine rings is 1. The van der Waals surface area contributed by atoms with Gasteiger partial charge in [0.2, 0.25) is 0 Å². The maximum atomic E-state index is 12.1. The number of sulfone groups is 1. The third kappa shape index (κ3) is 1.89. The molecule has 1 fully saturated rings. The van der Waals surface area contributed by atoms with E-state index in [2.05, 4.69) is 4.90 Å². The summed E-state index contributed by atoms with van der Waals surface area (Å²) in [6.45, 7) is 2.07. The van der Waals surface area contributed by atoms with E-state index < -0.39 is 9.84 Å². The van der Waals surface area contributed by atoms with Crippen LogP contribution in [0.5, 0.6) is 0 Å². The fourth-order valence-electron chi connectivity index (χ4n) is 2.96. The molecule has 4 heteroatoms. The molecule has 0 aromatic heterocycles. The van der Waals surface area contributed by atoms with E-state index in [1.54, 1.807) is 6.07 Å². The molecular weight excluding hydrogens is 234 g/mol. The molecule has 0 spiro atoms. The highest BCUT2D eigenvalue weighted by Gasteiger charge is 2.37. The van der Waals surface area contributed by atoms with Crippen molar-refractivity contribution in [2.75, 3.05) is 18.8 Å². The molecule has 0 unspecified atom stereocenters. The Morgan fingerprint density at radius 2 is 1.76 bits per heavy atom. The van der Waals surface area contributed by atoms with E-state index in [0.717, 1.165) is 18.7 Å². The molecule has 92 valence electrons. The Morgan fingerprint density at radius 3 is 2.53 bits per heavy atom. The van der Waals surface area contributed by atoms with Crippen LogP contribution in [0, 0.1) is 0 Å². The van der Waals surface area contributed by atoms with E-state index in [-0.39, 0.29) is 11.8 Å². The minimum absolute atomic E-state index is 0.0940. The van der Waals surface area contributed by atoms with Crippen molar-refractivity contribution in [3.05, 3.63) is 29.8 Å². The minimum Gasteiger partial charge on any atom is -0.295 e. The molecule has 2 aliphatic heterocycles. The molecule has 0 amide bonds. The summed E-state index contributed by atoms with van der Waals surface area (Å²) < 4.78 is 24.2. The summed E-state index contributed by atoms with van der Waals surface area (Å²) in [6, 6.07) is 7.57. The smallest absolute Gasteiger partial charge is 0.180 e. The molecule has 0 aliphatic carbocycles. The average molecular weight is 251 g/mol. The van der Waals surface area contributed by atoms with Gasteiger partial charge < -0.3 is 0 Å². The summed E-state index contributed by atoms with van der Waals surface area (Å²) in [4.78, 5) is 2.89. The Bertz CT molecular complexity index is 518. The summed E-state index contributed by atoms with van der Waals surface area (Å²) in [5.41, 5.74) is 1.01. The van der Waals surface area contributed by atoms with Gasteiger partial charge in [-0.1, -0.05) is 24.6 Å². The van der Waals surface area contributed by atoms with Crippen LogP contribution in [0.3, 0.4) is 0 Å². The van der Waals surface area contributed by atoms with Gasteiger partial charge in [-0.25, -0.2) is 8.42 Å². The lowest BCUT2D eigenvalue weighted by atomic mass is 10.0. The number of benzene rings is 1. The predicted molar refractivity (Wildman–Crippen MR) is 66.7 cm³/mol. The standard InChI is InChI=1S/C13H17NO2S/c15-17(16)10-12(14-8-4-1-5-9-14)11-6-2-3-7-13(11)17/h2-3,6-7,12H,1,4-5,8-10H2/t12-/m1/s1. The third-order valence-electron chi connectivity index (χ3n) is 3.82. The molecule has 0 radical (unpaired) electrons. The molecule has 1 saturated heterocycles. The van der Waals surface area contributed by atoms with E-state index in [9.17, 15) is 8.42 Å². The van der Waals surface area contributed by atoms with Gasteiger partial charge in [0.05, 0.1) is 16.7 Å². The number of nitrogens with zero attached hydrogens (tertiary/aromatic N) is 1. The number of hydrogen-bond donors (Lipinski definition) is 0. The van der Waals surface area contributed by atoms with Gasteiger partial charge >= 0.3 is 0 Å². The Kier molecular flexibility index (Phi) is 2.71. The number of likely N-dealkylation sites (tertiary alicyclic amines) is 1. The van der Waals surface area contributed by atoms with Crippen LogP contribution in [-0.4, -0.2) is 32.2 Å². The Balaban J connectivity index is 1.99. The second-order valence-electron chi connectivity index (χ2n) is 4.93. The van der Waals surface area contributed by atoms with Gasteiger partial charge in [0.1, 0.15) is 0 Å². The monoisotopic (exact) mass is 251 g/mol. The normalized spacial score (nSPS) is 27.9. The Labute approximate surface area is 102 Å². The van der Waals surface area contributed by atoms with Crippen LogP contribution in [0.4, 0.5) is 0 Å². The lowest BCUT2D eigenvalue weighted by Gasteiger charge is -2.31. The predicted octanol–water partition coefficient (Wildman–Crippen LogP) is 2.00. The summed E-state index contributed by atoms with van der Waals surface area (Å²) in [5, 5.41) is 0. The minimum atomic E-state index is -3.05. The van der Waals surface area contributed by atoms with E-state index in [0.29, 0.717) is 4.90 Å². The molecule has 1 aromatic carbocycles. The molecule has 1 atom stereocenters. The second kappa shape index (κ2) is 4.10. The van der Waals surface area contributed by atoms with Crippen molar-refractivity contribution in [1.82, 2.24) is 4.90 Å².